The molecule has 0 unspecified atom stereocenters. The van der Waals surface area contributed by atoms with Crippen molar-refractivity contribution in [1.29, 1.82) is 0 Å². The second kappa shape index (κ2) is 5.82. The first-order valence-electron chi connectivity index (χ1n) is 6.45. The number of carbonyl (C=O) groups is 1. The average molecular weight is 261 g/mol. The summed E-state index contributed by atoms with van der Waals surface area (Å²) in [6, 6.07) is 3.67. The van der Waals surface area contributed by atoms with Crippen molar-refractivity contribution >= 4 is 5.91 Å². The zero-order valence-electron chi connectivity index (χ0n) is 11.6. The Labute approximate surface area is 113 Å². The third kappa shape index (κ3) is 3.77. The summed E-state index contributed by atoms with van der Waals surface area (Å²) in [4.78, 5) is 13.7. The van der Waals surface area contributed by atoms with E-state index in [4.69, 9.17) is 4.74 Å². The molecule has 19 heavy (non-hydrogen) atoms. The highest BCUT2D eigenvalue weighted by Crippen LogP contribution is 2.16. The molecule has 0 radical (unpaired) electrons. The topological polar surface area (TPSA) is 55.3 Å². The Kier molecular flexibility index (Phi) is 4.14. The monoisotopic (exact) mass is 261 g/mol. The fraction of sp³-hybridized carbons (Fsp3) is 0.500. The first-order valence-corrected chi connectivity index (χ1v) is 6.45. The lowest BCUT2D eigenvalue weighted by Crippen LogP contribution is -2.29. The van der Waals surface area contributed by atoms with Gasteiger partial charge in [-0.3, -0.25) is 4.79 Å². The number of nitrogens with zero attached hydrogens (tertiary/aromatic N) is 3. The molecule has 0 N–H and O–H groups in total. The molecule has 1 atom stereocenters. The largest absolute Gasteiger partial charge is 0.471 e. The van der Waals surface area contributed by atoms with E-state index >= 15 is 0 Å². The van der Waals surface area contributed by atoms with Gasteiger partial charge in [0.15, 0.2) is 0 Å². The maximum atomic E-state index is 11.9. The van der Waals surface area contributed by atoms with Gasteiger partial charge >= 0.3 is 0 Å². The molecule has 0 bridgehead atoms. The van der Waals surface area contributed by atoms with Crippen molar-refractivity contribution in [3.63, 3.8) is 0 Å². The third-order valence-electron chi connectivity index (χ3n) is 2.93. The average Bonchev–Trinajstić information content (AvgIpc) is 2.80. The van der Waals surface area contributed by atoms with Gasteiger partial charge in [0.05, 0.1) is 12.2 Å². The van der Waals surface area contributed by atoms with Gasteiger partial charge in [0, 0.05) is 25.1 Å². The van der Waals surface area contributed by atoms with Crippen LogP contribution in [0.4, 0.5) is 0 Å². The highest BCUT2D eigenvalue weighted by atomic mass is 16.5. The number of hydrogen-bond donors (Lipinski definition) is 0. The van der Waals surface area contributed by atoms with Gasteiger partial charge in [-0.1, -0.05) is 5.57 Å². The maximum Gasteiger partial charge on any atom is 0.246 e. The number of hydrogen-bond acceptors (Lipinski definition) is 4. The smallest absolute Gasteiger partial charge is 0.246 e. The van der Waals surface area contributed by atoms with Crippen molar-refractivity contribution in [2.45, 2.75) is 33.3 Å². The van der Waals surface area contributed by atoms with Crippen LogP contribution in [-0.2, 0) is 4.79 Å². The molecule has 2 rings (SSSR count). The molecule has 1 aliphatic rings. The van der Waals surface area contributed by atoms with Crippen LogP contribution in [0.25, 0.3) is 0 Å². The molecule has 1 aromatic heterocycles. The molecule has 1 fully saturated rings. The van der Waals surface area contributed by atoms with Gasteiger partial charge in [0.2, 0.25) is 11.8 Å². The molecule has 0 saturated carbocycles. The number of ether oxygens (including phenoxy) is 1. The summed E-state index contributed by atoms with van der Waals surface area (Å²) in [5.74, 6) is 0.577. The van der Waals surface area contributed by atoms with Crippen molar-refractivity contribution in [3.05, 3.63) is 29.5 Å². The number of carbonyl (C=O) groups excluding carboxylic acids is 1. The normalized spacial score (nSPS) is 18.3. The first kappa shape index (κ1) is 13.5. The van der Waals surface area contributed by atoms with Gasteiger partial charge in [-0.05, 0) is 26.8 Å². The lowest BCUT2D eigenvalue weighted by atomic mass is 10.3. The van der Waals surface area contributed by atoms with Crippen LogP contribution in [0.2, 0.25) is 0 Å². The highest BCUT2D eigenvalue weighted by Gasteiger charge is 2.26. The van der Waals surface area contributed by atoms with Gasteiger partial charge < -0.3 is 9.64 Å². The van der Waals surface area contributed by atoms with Crippen LogP contribution in [0, 0.1) is 6.92 Å². The molecule has 1 aliphatic heterocycles. The molecule has 1 aromatic rings. The second-order valence-corrected chi connectivity index (χ2v) is 5.05. The maximum absolute atomic E-state index is 11.9. The molecule has 1 amide bonds. The number of aryl methyl sites for hydroxylation is 1. The van der Waals surface area contributed by atoms with Crippen molar-refractivity contribution in [2.24, 2.45) is 0 Å². The second-order valence-electron chi connectivity index (χ2n) is 5.05. The first-order chi connectivity index (χ1) is 9.04. The zero-order valence-corrected chi connectivity index (χ0v) is 11.6. The minimum absolute atomic E-state index is 0.00604. The van der Waals surface area contributed by atoms with Crippen LogP contribution in [0.15, 0.2) is 23.8 Å². The molecule has 2 heterocycles. The van der Waals surface area contributed by atoms with E-state index in [1.807, 2.05) is 32.9 Å². The molecule has 5 nitrogen and oxygen atoms in total. The van der Waals surface area contributed by atoms with Crippen molar-refractivity contribution in [3.8, 4) is 5.88 Å². The molecule has 102 valence electrons. The quantitative estimate of drug-likeness (QED) is 0.778. The van der Waals surface area contributed by atoms with E-state index in [9.17, 15) is 4.79 Å². The van der Waals surface area contributed by atoms with Crippen LogP contribution in [0.5, 0.6) is 5.88 Å². The van der Waals surface area contributed by atoms with Crippen LogP contribution < -0.4 is 4.74 Å². The van der Waals surface area contributed by atoms with E-state index in [0.717, 1.165) is 24.2 Å². The number of allylic oxidation sites excluding steroid dienone is 1. The van der Waals surface area contributed by atoms with E-state index in [1.54, 1.807) is 11.0 Å². The molecule has 5 heteroatoms. The molecule has 0 spiro atoms. The fourth-order valence-corrected chi connectivity index (χ4v) is 1.98. The Hall–Kier alpha value is -1.91. The predicted molar refractivity (Wildman–Crippen MR) is 71.8 cm³/mol. The summed E-state index contributed by atoms with van der Waals surface area (Å²) in [6.45, 7) is 7.06. The predicted octanol–water partition coefficient (Wildman–Crippen LogP) is 1.73. The van der Waals surface area contributed by atoms with E-state index in [2.05, 4.69) is 10.2 Å². The number of amides is 1. The van der Waals surface area contributed by atoms with E-state index in [1.165, 1.54) is 0 Å². The minimum atomic E-state index is 0.00604. The molecule has 1 saturated heterocycles. The standard InChI is InChI=1S/C14H19N3O2/c1-10(2)8-14(18)17-7-6-12(9-17)19-13-5-4-11(3)15-16-13/h4-5,8,12H,6-7,9H2,1-3H3/t12-/m0/s1. The molecule has 0 aromatic carbocycles. The van der Waals surface area contributed by atoms with Gasteiger partial charge in [-0.15, -0.1) is 5.10 Å². The highest BCUT2D eigenvalue weighted by molar-refractivity contribution is 5.88. The van der Waals surface area contributed by atoms with Gasteiger partial charge in [-0.2, -0.15) is 5.10 Å². The van der Waals surface area contributed by atoms with Gasteiger partial charge in [0.25, 0.3) is 0 Å². The van der Waals surface area contributed by atoms with Crippen molar-refractivity contribution in [2.75, 3.05) is 13.1 Å². The number of rotatable bonds is 3. The van der Waals surface area contributed by atoms with E-state index in [-0.39, 0.29) is 12.0 Å². The summed E-state index contributed by atoms with van der Waals surface area (Å²) in [5.41, 5.74) is 1.87. The van der Waals surface area contributed by atoms with Crippen molar-refractivity contribution in [1.82, 2.24) is 15.1 Å². The lowest BCUT2D eigenvalue weighted by molar-refractivity contribution is -0.125. The summed E-state index contributed by atoms with van der Waals surface area (Å²) >= 11 is 0. The summed E-state index contributed by atoms with van der Waals surface area (Å²) in [7, 11) is 0. The summed E-state index contributed by atoms with van der Waals surface area (Å²) < 4.78 is 5.73. The number of aromatic nitrogens is 2. The molecular formula is C14H19N3O2. The third-order valence-corrected chi connectivity index (χ3v) is 2.93. The fourth-order valence-electron chi connectivity index (χ4n) is 1.98. The Balaban J connectivity index is 1.90. The minimum Gasteiger partial charge on any atom is -0.471 e. The van der Waals surface area contributed by atoms with Crippen LogP contribution >= 0.6 is 0 Å². The number of likely N-dealkylation sites (tertiary alicyclic amines) is 1. The Morgan fingerprint density at radius 3 is 2.84 bits per heavy atom. The van der Waals surface area contributed by atoms with Crippen LogP contribution in [-0.4, -0.2) is 40.2 Å². The van der Waals surface area contributed by atoms with Gasteiger partial charge in [-0.25, -0.2) is 0 Å². The van der Waals surface area contributed by atoms with Crippen molar-refractivity contribution < 1.29 is 9.53 Å². The Morgan fingerprint density at radius 1 is 1.42 bits per heavy atom. The summed E-state index contributed by atoms with van der Waals surface area (Å²) in [6.07, 6.45) is 2.50. The lowest BCUT2D eigenvalue weighted by Gasteiger charge is -2.15. The molecular weight excluding hydrogens is 242 g/mol. The summed E-state index contributed by atoms with van der Waals surface area (Å²) in [5, 5.41) is 7.92. The van der Waals surface area contributed by atoms with E-state index < -0.39 is 0 Å². The van der Waals surface area contributed by atoms with Crippen LogP contribution in [0.1, 0.15) is 26.0 Å². The van der Waals surface area contributed by atoms with E-state index in [0.29, 0.717) is 12.4 Å². The Morgan fingerprint density at radius 2 is 2.21 bits per heavy atom. The van der Waals surface area contributed by atoms with Crippen LogP contribution in [0.3, 0.4) is 0 Å². The van der Waals surface area contributed by atoms with Gasteiger partial charge in [0.1, 0.15) is 6.10 Å². The molecule has 0 aliphatic carbocycles. The zero-order chi connectivity index (χ0) is 13.8. The Bertz CT molecular complexity index is 478. The SMILES string of the molecule is CC(C)=CC(=O)N1CC[C@H](Oc2ccc(C)nn2)C1.